The summed E-state index contributed by atoms with van der Waals surface area (Å²) < 4.78 is 0.683. The van der Waals surface area contributed by atoms with Gasteiger partial charge in [-0.3, -0.25) is 4.79 Å². The minimum atomic E-state index is -1.49. The van der Waals surface area contributed by atoms with Gasteiger partial charge in [-0.05, 0) is 6.08 Å². The van der Waals surface area contributed by atoms with E-state index in [9.17, 15) is 4.79 Å². The Balaban J connectivity index is 4.35. The van der Waals surface area contributed by atoms with Gasteiger partial charge in [0.15, 0.2) is 5.78 Å². The molecule has 0 N–H and O–H groups in total. The summed E-state index contributed by atoms with van der Waals surface area (Å²) in [4.78, 5) is 10.8. The lowest BCUT2D eigenvalue weighted by atomic mass is 10.4. The van der Waals surface area contributed by atoms with E-state index in [0.29, 0.717) is 4.66 Å². The summed E-state index contributed by atoms with van der Waals surface area (Å²) in [6, 6.07) is 0. The molecule has 0 aliphatic rings. The minimum absolute atomic E-state index is 0.0146. The van der Waals surface area contributed by atoms with Crippen LogP contribution in [-0.2, 0) is 4.79 Å². The molecule has 0 atom stereocenters. The van der Waals surface area contributed by atoms with E-state index in [1.165, 1.54) is 6.08 Å². The highest BCUT2D eigenvalue weighted by Crippen LogP contribution is 2.17. The Labute approximate surface area is 78.4 Å². The van der Waals surface area contributed by atoms with Gasteiger partial charge in [0.2, 0.25) is 0 Å². The van der Waals surface area contributed by atoms with Crippen molar-refractivity contribution in [1.29, 1.82) is 0 Å². The Morgan fingerprint density at radius 3 is 2.18 bits per heavy atom. The zero-order valence-electron chi connectivity index (χ0n) is 6.95. The van der Waals surface area contributed by atoms with E-state index in [4.69, 9.17) is 23.2 Å². The molecule has 0 saturated heterocycles. The first-order valence-corrected chi connectivity index (χ1v) is 7.75. The van der Waals surface area contributed by atoms with Crippen molar-refractivity contribution in [1.82, 2.24) is 0 Å². The summed E-state index contributed by atoms with van der Waals surface area (Å²) in [6.45, 7) is 6.23. The highest BCUT2D eigenvalue weighted by atomic mass is 35.5. The number of alkyl halides is 1. The number of allylic oxidation sites excluding steroid dienone is 1. The van der Waals surface area contributed by atoms with E-state index in [0.717, 1.165) is 0 Å². The van der Waals surface area contributed by atoms with Crippen LogP contribution in [0.4, 0.5) is 0 Å². The summed E-state index contributed by atoms with van der Waals surface area (Å²) in [5.41, 5.74) is 0. The first-order chi connectivity index (χ1) is 4.88. The number of carbonyl (C=O) groups excluding carboxylic acids is 1. The van der Waals surface area contributed by atoms with Gasteiger partial charge in [0.1, 0.15) is 0 Å². The van der Waals surface area contributed by atoms with Gasteiger partial charge in [0.05, 0.1) is 14.0 Å². The molecule has 0 bridgehead atoms. The molecule has 1 nitrogen and oxygen atoms in total. The van der Waals surface area contributed by atoms with Crippen LogP contribution in [0.2, 0.25) is 19.6 Å². The number of hydrogen-bond acceptors (Lipinski definition) is 1. The molecule has 0 unspecified atom stereocenters. The van der Waals surface area contributed by atoms with Crippen LogP contribution in [0.3, 0.4) is 0 Å². The van der Waals surface area contributed by atoms with Crippen molar-refractivity contribution in [3.8, 4) is 0 Å². The van der Waals surface area contributed by atoms with Gasteiger partial charge in [0, 0.05) is 4.66 Å². The van der Waals surface area contributed by atoms with Gasteiger partial charge in [-0.1, -0.05) is 31.2 Å². The molecule has 0 fully saturated rings. The van der Waals surface area contributed by atoms with E-state index in [-0.39, 0.29) is 11.7 Å². The van der Waals surface area contributed by atoms with Crippen LogP contribution in [0.25, 0.3) is 0 Å². The second-order valence-electron chi connectivity index (χ2n) is 3.34. The van der Waals surface area contributed by atoms with E-state index < -0.39 is 8.07 Å². The number of hydrogen-bond donors (Lipinski definition) is 0. The maximum absolute atomic E-state index is 10.8. The minimum Gasteiger partial charge on any atom is -0.293 e. The van der Waals surface area contributed by atoms with Crippen LogP contribution < -0.4 is 0 Å². The normalized spacial score (nSPS) is 13.4. The SMILES string of the molecule is C[Si](C)(C)/C(Cl)=C/C(=O)CCl. The van der Waals surface area contributed by atoms with Gasteiger partial charge < -0.3 is 0 Å². The number of halogens is 2. The van der Waals surface area contributed by atoms with E-state index in [1.54, 1.807) is 0 Å². The fraction of sp³-hybridized carbons (Fsp3) is 0.571. The summed E-state index contributed by atoms with van der Waals surface area (Å²) in [5, 5.41) is 0. The average molecular weight is 211 g/mol. The molecule has 11 heavy (non-hydrogen) atoms. The summed E-state index contributed by atoms with van der Waals surface area (Å²) in [6.07, 6.45) is 1.45. The summed E-state index contributed by atoms with van der Waals surface area (Å²) in [7, 11) is -1.49. The maximum Gasteiger partial charge on any atom is 0.171 e. The van der Waals surface area contributed by atoms with Crippen molar-refractivity contribution in [3.05, 3.63) is 10.7 Å². The molecule has 0 aliphatic carbocycles. The van der Waals surface area contributed by atoms with Crippen LogP contribution in [0.5, 0.6) is 0 Å². The number of carbonyl (C=O) groups is 1. The molecular formula is C7H12Cl2OSi. The Hall–Kier alpha value is 0.207. The van der Waals surface area contributed by atoms with Gasteiger partial charge in [0.25, 0.3) is 0 Å². The van der Waals surface area contributed by atoms with Gasteiger partial charge >= 0.3 is 0 Å². The topological polar surface area (TPSA) is 17.1 Å². The van der Waals surface area contributed by atoms with Crippen molar-refractivity contribution in [2.24, 2.45) is 0 Å². The Morgan fingerprint density at radius 2 is 1.91 bits per heavy atom. The lowest BCUT2D eigenvalue weighted by Gasteiger charge is -2.13. The average Bonchev–Trinajstić information content (AvgIpc) is 1.85. The monoisotopic (exact) mass is 210 g/mol. The molecule has 0 rings (SSSR count). The first-order valence-electron chi connectivity index (χ1n) is 3.34. The first kappa shape index (κ1) is 11.2. The molecule has 0 heterocycles. The molecule has 0 spiro atoms. The van der Waals surface area contributed by atoms with Gasteiger partial charge in [-0.15, -0.1) is 11.6 Å². The Morgan fingerprint density at radius 1 is 1.45 bits per heavy atom. The van der Waals surface area contributed by atoms with E-state index in [1.807, 2.05) is 0 Å². The van der Waals surface area contributed by atoms with E-state index >= 15 is 0 Å². The van der Waals surface area contributed by atoms with Crippen molar-refractivity contribution in [2.45, 2.75) is 19.6 Å². The van der Waals surface area contributed by atoms with Crippen LogP contribution in [0.15, 0.2) is 10.7 Å². The maximum atomic E-state index is 10.8. The molecule has 0 radical (unpaired) electrons. The molecule has 0 aliphatic heterocycles. The quantitative estimate of drug-likeness (QED) is 0.398. The van der Waals surface area contributed by atoms with Crippen LogP contribution >= 0.6 is 23.2 Å². The zero-order valence-corrected chi connectivity index (χ0v) is 9.46. The highest BCUT2D eigenvalue weighted by Gasteiger charge is 2.18. The molecule has 0 amide bonds. The molecule has 0 saturated carbocycles. The van der Waals surface area contributed by atoms with Crippen molar-refractivity contribution in [3.63, 3.8) is 0 Å². The molecule has 0 aromatic heterocycles. The third-order valence-corrected chi connectivity index (χ3v) is 4.79. The van der Waals surface area contributed by atoms with Crippen molar-refractivity contribution < 1.29 is 4.79 Å². The van der Waals surface area contributed by atoms with Crippen LogP contribution in [-0.4, -0.2) is 19.7 Å². The molecular weight excluding hydrogens is 199 g/mol. The van der Waals surface area contributed by atoms with Crippen LogP contribution in [0.1, 0.15) is 0 Å². The fourth-order valence-electron chi connectivity index (χ4n) is 0.396. The molecule has 4 heteroatoms. The molecule has 0 aromatic rings. The lowest BCUT2D eigenvalue weighted by Crippen LogP contribution is -2.21. The lowest BCUT2D eigenvalue weighted by molar-refractivity contribution is -0.112. The molecule has 0 aromatic carbocycles. The fourth-order valence-corrected chi connectivity index (χ4v) is 1.19. The van der Waals surface area contributed by atoms with Gasteiger partial charge in [-0.25, -0.2) is 0 Å². The standard InChI is InChI=1S/C7H12Cl2OSi/c1-11(2,3)7(9)4-6(10)5-8/h4H,5H2,1-3H3/b7-4+. The second kappa shape index (κ2) is 4.29. The number of ketones is 1. The largest absolute Gasteiger partial charge is 0.293 e. The Kier molecular flexibility index (Phi) is 4.37. The Bertz CT molecular complexity index is 181. The predicted molar refractivity (Wildman–Crippen MR) is 53.0 cm³/mol. The zero-order chi connectivity index (χ0) is 9.07. The van der Waals surface area contributed by atoms with Gasteiger partial charge in [-0.2, -0.15) is 0 Å². The second-order valence-corrected chi connectivity index (χ2v) is 9.37. The predicted octanol–water partition coefficient (Wildman–Crippen LogP) is 2.79. The highest BCUT2D eigenvalue weighted by molar-refractivity contribution is 6.91. The third kappa shape index (κ3) is 4.61. The summed E-state index contributed by atoms with van der Waals surface area (Å²) >= 11 is 11.2. The van der Waals surface area contributed by atoms with Crippen LogP contribution in [0, 0.1) is 0 Å². The van der Waals surface area contributed by atoms with Crippen molar-refractivity contribution >= 4 is 37.1 Å². The van der Waals surface area contributed by atoms with E-state index in [2.05, 4.69) is 19.6 Å². The third-order valence-electron chi connectivity index (χ3n) is 1.14. The molecule has 64 valence electrons. The number of rotatable bonds is 3. The van der Waals surface area contributed by atoms with Crippen molar-refractivity contribution in [2.75, 3.05) is 5.88 Å². The smallest absolute Gasteiger partial charge is 0.171 e. The summed E-state index contributed by atoms with van der Waals surface area (Å²) in [5.74, 6) is -0.0974.